The Balaban J connectivity index is 1.43. The van der Waals surface area contributed by atoms with Gasteiger partial charge in [0.15, 0.2) is 0 Å². The van der Waals surface area contributed by atoms with Crippen LogP contribution in [-0.4, -0.2) is 62.5 Å². The zero-order valence-electron chi connectivity index (χ0n) is 22.0. The van der Waals surface area contributed by atoms with Crippen molar-refractivity contribution in [3.8, 4) is 5.75 Å². The van der Waals surface area contributed by atoms with Gasteiger partial charge in [-0.2, -0.15) is 0 Å². The molecule has 0 aliphatic carbocycles. The van der Waals surface area contributed by atoms with Crippen LogP contribution in [0, 0.1) is 11.8 Å². The van der Waals surface area contributed by atoms with Crippen LogP contribution in [-0.2, 0) is 20.9 Å². The number of anilines is 1. The van der Waals surface area contributed by atoms with Crippen molar-refractivity contribution in [2.75, 3.05) is 18.5 Å². The second kappa shape index (κ2) is 10.3. The molecule has 3 heterocycles. The molecule has 2 unspecified atom stereocenters. The molecule has 3 N–H and O–H groups in total. The first-order valence-electron chi connectivity index (χ1n) is 13.2. The fraction of sp³-hybridized carbons (Fsp3) is 0.483. The largest absolute Gasteiger partial charge is 0.494 e. The van der Waals surface area contributed by atoms with Gasteiger partial charge in [-0.3, -0.25) is 14.4 Å². The number of hydrogen-bond donors (Lipinski definition) is 3. The molecule has 1 spiro atoms. The highest BCUT2D eigenvalue weighted by Gasteiger charge is 2.77. The minimum atomic E-state index is -0.763. The molecule has 3 amide bonds. The summed E-state index contributed by atoms with van der Waals surface area (Å²) >= 11 is 1.62. The molecule has 0 radical (unpaired) electrons. The number of rotatable bonds is 9. The molecule has 6 atom stereocenters. The molecule has 38 heavy (non-hydrogen) atoms. The van der Waals surface area contributed by atoms with Crippen LogP contribution in [0.1, 0.15) is 39.2 Å². The molecule has 2 aromatic rings. The lowest BCUT2D eigenvalue weighted by Gasteiger charge is -2.36. The number of hydrogen-bond acceptors (Lipinski definition) is 6. The lowest BCUT2D eigenvalue weighted by atomic mass is 9.66. The van der Waals surface area contributed by atoms with Crippen LogP contribution in [0.5, 0.6) is 5.75 Å². The smallest absolute Gasteiger partial charge is 0.244 e. The maximum Gasteiger partial charge on any atom is 0.244 e. The maximum atomic E-state index is 14.0. The number of carbonyl (C=O) groups is 3. The van der Waals surface area contributed by atoms with E-state index in [2.05, 4.69) is 10.6 Å². The molecule has 5 rings (SSSR count). The van der Waals surface area contributed by atoms with E-state index in [4.69, 9.17) is 4.74 Å². The third-order valence-corrected chi connectivity index (χ3v) is 10.2. The van der Waals surface area contributed by atoms with Crippen molar-refractivity contribution in [3.63, 3.8) is 0 Å². The Kier molecular flexibility index (Phi) is 7.17. The Morgan fingerprint density at radius 3 is 2.50 bits per heavy atom. The van der Waals surface area contributed by atoms with Crippen LogP contribution in [0.15, 0.2) is 54.6 Å². The highest BCUT2D eigenvalue weighted by molar-refractivity contribution is 8.02. The van der Waals surface area contributed by atoms with E-state index in [1.54, 1.807) is 47.9 Å². The number of benzene rings is 2. The number of nitrogens with one attached hydrogen (secondary N) is 2. The van der Waals surface area contributed by atoms with E-state index in [-0.39, 0.29) is 24.3 Å². The topological polar surface area (TPSA) is 108 Å². The first kappa shape index (κ1) is 26.6. The summed E-state index contributed by atoms with van der Waals surface area (Å²) in [5.41, 5.74) is 1.59. The van der Waals surface area contributed by atoms with Gasteiger partial charge in [0.2, 0.25) is 17.7 Å². The van der Waals surface area contributed by atoms with Crippen LogP contribution in [0.2, 0.25) is 0 Å². The van der Waals surface area contributed by atoms with E-state index in [1.165, 1.54) is 0 Å². The second-order valence-corrected chi connectivity index (χ2v) is 12.6. The van der Waals surface area contributed by atoms with Gasteiger partial charge in [-0.05, 0) is 63.4 Å². The van der Waals surface area contributed by atoms with E-state index in [0.29, 0.717) is 25.3 Å². The minimum absolute atomic E-state index is 0.217. The summed E-state index contributed by atoms with van der Waals surface area (Å²) in [5, 5.41) is 16.1. The van der Waals surface area contributed by atoms with E-state index in [0.717, 1.165) is 17.7 Å². The van der Waals surface area contributed by atoms with E-state index in [1.807, 2.05) is 44.2 Å². The average molecular weight is 538 g/mol. The van der Waals surface area contributed by atoms with E-state index < -0.39 is 33.4 Å². The molecule has 0 saturated carbocycles. The van der Waals surface area contributed by atoms with Crippen LogP contribution in [0.3, 0.4) is 0 Å². The predicted molar refractivity (Wildman–Crippen MR) is 147 cm³/mol. The number of ether oxygens (including phenoxy) is 1. The summed E-state index contributed by atoms with van der Waals surface area (Å²) in [5.74, 6) is -1.21. The average Bonchev–Trinajstić information content (AvgIpc) is 3.49. The fourth-order valence-electron chi connectivity index (χ4n) is 6.53. The minimum Gasteiger partial charge on any atom is -0.494 e. The summed E-state index contributed by atoms with van der Waals surface area (Å²) in [7, 11) is 0. The molecule has 9 heteroatoms. The molecule has 3 aliphatic heterocycles. The quantitative estimate of drug-likeness (QED) is 0.454. The number of likely N-dealkylation sites (tertiary alicyclic amines) is 1. The van der Waals surface area contributed by atoms with Crippen molar-refractivity contribution in [1.82, 2.24) is 10.2 Å². The lowest BCUT2D eigenvalue weighted by molar-refractivity contribution is -0.142. The monoisotopic (exact) mass is 537 g/mol. The second-order valence-electron chi connectivity index (χ2n) is 10.7. The van der Waals surface area contributed by atoms with E-state index in [9.17, 15) is 19.5 Å². The Bertz CT molecular complexity index is 1210. The predicted octanol–water partition coefficient (Wildman–Crippen LogP) is 3.20. The van der Waals surface area contributed by atoms with Crippen LogP contribution in [0.25, 0.3) is 0 Å². The number of aliphatic hydroxyl groups is 1. The Morgan fingerprint density at radius 2 is 1.84 bits per heavy atom. The van der Waals surface area contributed by atoms with Gasteiger partial charge in [0.05, 0.1) is 35.8 Å². The van der Waals surface area contributed by atoms with E-state index >= 15 is 0 Å². The maximum absolute atomic E-state index is 14.0. The summed E-state index contributed by atoms with van der Waals surface area (Å²) in [4.78, 5) is 43.1. The molecule has 8 nitrogen and oxygen atoms in total. The van der Waals surface area contributed by atoms with Gasteiger partial charge in [0, 0.05) is 17.0 Å². The van der Waals surface area contributed by atoms with Gasteiger partial charge in [0.1, 0.15) is 11.8 Å². The van der Waals surface area contributed by atoms with Crippen molar-refractivity contribution >= 4 is 35.2 Å². The number of thioether (sulfide) groups is 1. The van der Waals surface area contributed by atoms with Gasteiger partial charge in [-0.1, -0.05) is 30.3 Å². The SMILES string of the molecule is CCOc1ccc(NC(=O)[C@H]2[C@H]3C(=O)N([C@H](C)CO)C(C(=O)NCc4ccccc4)C34CC[C@]2(C)S4)cc1. The van der Waals surface area contributed by atoms with Crippen molar-refractivity contribution in [2.24, 2.45) is 11.8 Å². The van der Waals surface area contributed by atoms with Crippen molar-refractivity contribution in [2.45, 2.75) is 61.7 Å². The number of aliphatic hydroxyl groups excluding tert-OH is 1. The molecule has 3 aliphatic rings. The van der Waals surface area contributed by atoms with Crippen molar-refractivity contribution in [3.05, 3.63) is 60.2 Å². The highest BCUT2D eigenvalue weighted by Crippen LogP contribution is 2.71. The molecular formula is C29H35N3O5S. The summed E-state index contributed by atoms with van der Waals surface area (Å²) in [6.45, 7) is 6.34. The molecule has 0 aromatic heterocycles. The molecule has 3 fully saturated rings. The normalized spacial score (nSPS) is 30.2. The van der Waals surface area contributed by atoms with Gasteiger partial charge >= 0.3 is 0 Å². The molecule has 3 saturated heterocycles. The first-order chi connectivity index (χ1) is 18.2. The third kappa shape index (κ3) is 4.35. The zero-order chi connectivity index (χ0) is 27.1. The molecule has 2 bridgehead atoms. The number of carbonyl (C=O) groups excluding carboxylic acids is 3. The van der Waals surface area contributed by atoms with Gasteiger partial charge in [-0.25, -0.2) is 0 Å². The number of amides is 3. The fourth-order valence-corrected chi connectivity index (χ4v) is 8.87. The Hall–Kier alpha value is -3.04. The molecule has 2 aromatic carbocycles. The van der Waals surface area contributed by atoms with Crippen LogP contribution < -0.4 is 15.4 Å². The summed E-state index contributed by atoms with van der Waals surface area (Å²) in [6.07, 6.45) is 1.39. The standard InChI is InChI=1S/C29H35N3O5S/c1-4-37-21-12-10-20(11-13-21)31-25(34)22-23-27(36)32(18(2)17-33)24(29(23)15-14-28(22,3)38-29)26(35)30-16-19-8-6-5-7-9-19/h5-13,18,22-24,33H,4,14-17H2,1-3H3,(H,30,35)(H,31,34)/t18-,22-,23+,24?,28+,29?/m1/s1. The Morgan fingerprint density at radius 1 is 1.13 bits per heavy atom. The first-order valence-corrected chi connectivity index (χ1v) is 14.0. The van der Waals surface area contributed by atoms with Gasteiger partial charge in [-0.15, -0.1) is 11.8 Å². The number of fused-ring (bicyclic) bond motifs is 1. The molecular weight excluding hydrogens is 502 g/mol. The van der Waals surface area contributed by atoms with Crippen molar-refractivity contribution < 1.29 is 24.2 Å². The Labute approximate surface area is 227 Å². The molecule has 202 valence electrons. The van der Waals surface area contributed by atoms with Crippen molar-refractivity contribution in [1.29, 1.82) is 0 Å². The van der Waals surface area contributed by atoms with Crippen LogP contribution >= 0.6 is 11.8 Å². The highest BCUT2D eigenvalue weighted by atomic mass is 32.2. The lowest BCUT2D eigenvalue weighted by Crippen LogP contribution is -2.55. The number of nitrogens with zero attached hydrogens (tertiary/aromatic N) is 1. The van der Waals surface area contributed by atoms with Crippen LogP contribution in [0.4, 0.5) is 5.69 Å². The van der Waals surface area contributed by atoms with Gasteiger partial charge in [0.25, 0.3) is 0 Å². The third-order valence-electron chi connectivity index (χ3n) is 8.23. The summed E-state index contributed by atoms with van der Waals surface area (Å²) in [6, 6.07) is 15.5. The van der Waals surface area contributed by atoms with Gasteiger partial charge < -0.3 is 25.4 Å². The summed E-state index contributed by atoms with van der Waals surface area (Å²) < 4.78 is 4.30. The zero-order valence-corrected chi connectivity index (χ0v) is 22.8.